The summed E-state index contributed by atoms with van der Waals surface area (Å²) in [5, 5.41) is 0. The summed E-state index contributed by atoms with van der Waals surface area (Å²) < 4.78 is 22.1. The van der Waals surface area contributed by atoms with Crippen molar-refractivity contribution >= 4 is 22.9 Å². The highest BCUT2D eigenvalue weighted by molar-refractivity contribution is 7.15. The van der Waals surface area contributed by atoms with Crippen LogP contribution < -0.4 is 0 Å². The van der Waals surface area contributed by atoms with Crippen LogP contribution in [0.15, 0.2) is 6.20 Å². The SMILES string of the molecule is CCCCOCCOCCOCCOCc1cnc(Cl)s1. The molecule has 0 amide bonds. The van der Waals surface area contributed by atoms with Crippen molar-refractivity contribution in [2.24, 2.45) is 0 Å². The molecule has 0 atom stereocenters. The fraction of sp³-hybridized carbons (Fsp3) is 0.786. The Morgan fingerprint density at radius 2 is 1.52 bits per heavy atom. The summed E-state index contributed by atoms with van der Waals surface area (Å²) in [6.45, 7) is 7.03. The highest BCUT2D eigenvalue weighted by atomic mass is 35.5. The van der Waals surface area contributed by atoms with E-state index in [2.05, 4.69) is 11.9 Å². The van der Waals surface area contributed by atoms with Gasteiger partial charge in [0.15, 0.2) is 4.47 Å². The van der Waals surface area contributed by atoms with Gasteiger partial charge in [0.25, 0.3) is 0 Å². The fourth-order valence-electron chi connectivity index (χ4n) is 1.43. The summed E-state index contributed by atoms with van der Waals surface area (Å²) in [5.74, 6) is 0. The number of ether oxygens (including phenoxy) is 4. The predicted octanol–water partition coefficient (Wildman–Crippen LogP) is 3.16. The number of hydrogen-bond donors (Lipinski definition) is 0. The molecule has 0 saturated heterocycles. The highest BCUT2D eigenvalue weighted by Crippen LogP contribution is 2.18. The first kappa shape index (κ1) is 18.8. The number of hydrogen-bond acceptors (Lipinski definition) is 6. The van der Waals surface area contributed by atoms with Crippen LogP contribution in [0.1, 0.15) is 24.6 Å². The van der Waals surface area contributed by atoms with Crippen molar-refractivity contribution in [3.05, 3.63) is 15.5 Å². The van der Waals surface area contributed by atoms with Gasteiger partial charge in [-0.25, -0.2) is 4.98 Å². The molecular formula is C14H24ClNO4S. The molecule has 1 rings (SSSR count). The van der Waals surface area contributed by atoms with E-state index in [0.29, 0.717) is 50.7 Å². The minimum absolute atomic E-state index is 0.527. The van der Waals surface area contributed by atoms with Gasteiger partial charge in [0.1, 0.15) is 0 Å². The van der Waals surface area contributed by atoms with Crippen molar-refractivity contribution in [1.29, 1.82) is 0 Å². The molecule has 21 heavy (non-hydrogen) atoms. The highest BCUT2D eigenvalue weighted by Gasteiger charge is 1.99. The zero-order valence-electron chi connectivity index (χ0n) is 12.5. The number of halogens is 1. The zero-order chi connectivity index (χ0) is 15.2. The Morgan fingerprint density at radius 3 is 2.05 bits per heavy atom. The van der Waals surface area contributed by atoms with Gasteiger partial charge < -0.3 is 18.9 Å². The summed E-state index contributed by atoms with van der Waals surface area (Å²) in [6.07, 6.45) is 3.99. The van der Waals surface area contributed by atoms with E-state index in [4.69, 9.17) is 30.5 Å². The molecule has 1 aromatic rings. The fourth-order valence-corrected chi connectivity index (χ4v) is 2.34. The summed E-state index contributed by atoms with van der Waals surface area (Å²) >= 11 is 7.15. The van der Waals surface area contributed by atoms with Gasteiger partial charge in [0, 0.05) is 12.8 Å². The van der Waals surface area contributed by atoms with Gasteiger partial charge in [-0.3, -0.25) is 0 Å². The number of thiazole rings is 1. The van der Waals surface area contributed by atoms with Crippen LogP contribution >= 0.6 is 22.9 Å². The van der Waals surface area contributed by atoms with Gasteiger partial charge in [0.05, 0.1) is 51.1 Å². The maximum atomic E-state index is 5.72. The lowest BCUT2D eigenvalue weighted by Gasteiger charge is -2.06. The summed E-state index contributed by atoms with van der Waals surface area (Å²) in [5.41, 5.74) is 0. The van der Waals surface area contributed by atoms with Crippen LogP contribution in [0.4, 0.5) is 0 Å². The van der Waals surface area contributed by atoms with Gasteiger partial charge in [-0.05, 0) is 6.42 Å². The Labute approximate surface area is 135 Å². The molecule has 0 aliphatic rings. The van der Waals surface area contributed by atoms with Gasteiger partial charge in [-0.1, -0.05) is 24.9 Å². The topological polar surface area (TPSA) is 49.8 Å². The van der Waals surface area contributed by atoms with E-state index in [1.54, 1.807) is 6.20 Å². The Balaban J connectivity index is 1.74. The van der Waals surface area contributed by atoms with E-state index >= 15 is 0 Å². The number of rotatable bonds is 14. The molecule has 0 unspecified atom stereocenters. The van der Waals surface area contributed by atoms with Crippen molar-refractivity contribution < 1.29 is 18.9 Å². The van der Waals surface area contributed by atoms with E-state index in [-0.39, 0.29) is 0 Å². The molecule has 0 aliphatic heterocycles. The van der Waals surface area contributed by atoms with Gasteiger partial charge in [-0.2, -0.15) is 0 Å². The average molecular weight is 338 g/mol. The first-order chi connectivity index (χ1) is 10.3. The van der Waals surface area contributed by atoms with Crippen LogP contribution in [0.2, 0.25) is 4.47 Å². The number of aromatic nitrogens is 1. The van der Waals surface area contributed by atoms with Crippen molar-refractivity contribution in [1.82, 2.24) is 4.98 Å². The summed E-state index contributed by atoms with van der Waals surface area (Å²) in [4.78, 5) is 4.96. The van der Waals surface area contributed by atoms with Crippen molar-refractivity contribution in [3.8, 4) is 0 Å². The third kappa shape index (κ3) is 11.0. The Hall–Kier alpha value is -0.240. The van der Waals surface area contributed by atoms with Crippen LogP contribution in [0.3, 0.4) is 0 Å². The standard InChI is InChI=1S/C14H24ClNO4S/c1-2-3-4-17-5-6-18-7-8-19-9-10-20-12-13-11-16-14(15)21-13/h11H,2-10,12H2,1H3. The third-order valence-corrected chi connectivity index (χ3v) is 3.62. The lowest BCUT2D eigenvalue weighted by Crippen LogP contribution is -2.12. The molecule has 0 N–H and O–H groups in total. The molecule has 0 aliphatic carbocycles. The molecule has 0 bridgehead atoms. The van der Waals surface area contributed by atoms with E-state index in [1.165, 1.54) is 11.3 Å². The number of nitrogens with zero attached hydrogens (tertiary/aromatic N) is 1. The lowest BCUT2D eigenvalue weighted by molar-refractivity contribution is -0.00405. The molecule has 0 saturated carbocycles. The van der Waals surface area contributed by atoms with E-state index < -0.39 is 0 Å². The van der Waals surface area contributed by atoms with Crippen LogP contribution in [0, 0.1) is 0 Å². The minimum atomic E-state index is 0.527. The van der Waals surface area contributed by atoms with Crippen molar-refractivity contribution in [2.75, 3.05) is 46.2 Å². The molecule has 5 nitrogen and oxygen atoms in total. The molecule has 0 fully saturated rings. The van der Waals surface area contributed by atoms with Crippen LogP contribution in [-0.4, -0.2) is 51.2 Å². The number of unbranched alkanes of at least 4 members (excludes halogenated alkanes) is 1. The van der Waals surface area contributed by atoms with E-state index in [9.17, 15) is 0 Å². The van der Waals surface area contributed by atoms with Gasteiger partial charge in [0.2, 0.25) is 0 Å². The second kappa shape index (κ2) is 13.4. The molecule has 0 radical (unpaired) electrons. The van der Waals surface area contributed by atoms with E-state index in [0.717, 1.165) is 24.3 Å². The Kier molecular flexibility index (Phi) is 12.0. The molecule has 0 spiro atoms. The molecule has 7 heteroatoms. The average Bonchev–Trinajstić information content (AvgIpc) is 2.89. The molecule has 0 aromatic carbocycles. The Bertz CT molecular complexity index is 351. The van der Waals surface area contributed by atoms with Gasteiger partial charge >= 0.3 is 0 Å². The zero-order valence-corrected chi connectivity index (χ0v) is 14.1. The van der Waals surface area contributed by atoms with E-state index in [1.807, 2.05) is 0 Å². The molecule has 1 heterocycles. The van der Waals surface area contributed by atoms with Gasteiger partial charge in [-0.15, -0.1) is 11.3 Å². The van der Waals surface area contributed by atoms with Crippen molar-refractivity contribution in [2.45, 2.75) is 26.4 Å². The first-order valence-corrected chi connectivity index (χ1v) is 8.43. The second-order valence-electron chi connectivity index (χ2n) is 4.32. The predicted molar refractivity (Wildman–Crippen MR) is 84.1 cm³/mol. The molecule has 1 aromatic heterocycles. The maximum Gasteiger partial charge on any atom is 0.183 e. The first-order valence-electron chi connectivity index (χ1n) is 7.24. The molecular weight excluding hydrogens is 314 g/mol. The van der Waals surface area contributed by atoms with Crippen molar-refractivity contribution in [3.63, 3.8) is 0 Å². The largest absolute Gasteiger partial charge is 0.379 e. The smallest absolute Gasteiger partial charge is 0.183 e. The quantitative estimate of drug-likeness (QED) is 0.488. The lowest BCUT2D eigenvalue weighted by atomic mass is 10.4. The normalized spacial score (nSPS) is 11.1. The second-order valence-corrected chi connectivity index (χ2v) is 6.02. The molecule has 122 valence electrons. The van der Waals surface area contributed by atoms with Crippen LogP contribution in [0.5, 0.6) is 0 Å². The third-order valence-electron chi connectivity index (χ3n) is 2.53. The van der Waals surface area contributed by atoms with Crippen LogP contribution in [-0.2, 0) is 25.6 Å². The minimum Gasteiger partial charge on any atom is -0.379 e. The Morgan fingerprint density at radius 1 is 0.952 bits per heavy atom. The van der Waals surface area contributed by atoms with Crippen LogP contribution in [0.25, 0.3) is 0 Å². The summed E-state index contributed by atoms with van der Waals surface area (Å²) in [6, 6.07) is 0. The monoisotopic (exact) mass is 337 g/mol. The summed E-state index contributed by atoms with van der Waals surface area (Å²) in [7, 11) is 0. The maximum absolute atomic E-state index is 5.72.